The average molecular weight is 389 g/mol. The van der Waals surface area contributed by atoms with Crippen molar-refractivity contribution in [2.45, 2.75) is 38.3 Å². The molecular formula is C19H21BrN2O2. The number of hydrogen-bond donors (Lipinski definition) is 1. The van der Waals surface area contributed by atoms with Crippen LogP contribution < -0.4 is 0 Å². The molecule has 1 N–H and O–H groups in total. The molecule has 1 aromatic carbocycles. The van der Waals surface area contributed by atoms with Gasteiger partial charge in [0.2, 0.25) is 0 Å². The van der Waals surface area contributed by atoms with Crippen molar-refractivity contribution in [1.29, 1.82) is 0 Å². The van der Waals surface area contributed by atoms with Crippen LogP contribution >= 0.6 is 15.9 Å². The number of hydrogen-bond acceptors (Lipinski definition) is 3. The van der Waals surface area contributed by atoms with E-state index < -0.39 is 12.0 Å². The van der Waals surface area contributed by atoms with Gasteiger partial charge in [-0.05, 0) is 61.2 Å². The molecule has 2 heterocycles. The number of pyridine rings is 1. The van der Waals surface area contributed by atoms with Gasteiger partial charge < -0.3 is 5.11 Å². The molecule has 0 amide bonds. The first kappa shape index (κ1) is 17.1. The molecule has 2 atom stereocenters. The molecule has 1 saturated heterocycles. The number of aliphatic carboxylic acids is 1. The van der Waals surface area contributed by atoms with Crippen molar-refractivity contribution in [3.63, 3.8) is 0 Å². The Morgan fingerprint density at radius 3 is 2.71 bits per heavy atom. The van der Waals surface area contributed by atoms with Crippen LogP contribution in [0, 0.1) is 6.92 Å². The molecule has 2 unspecified atom stereocenters. The summed E-state index contributed by atoms with van der Waals surface area (Å²) in [6.07, 6.45) is 6.33. The van der Waals surface area contributed by atoms with E-state index in [9.17, 15) is 9.90 Å². The Kier molecular flexibility index (Phi) is 5.31. The fraction of sp³-hybridized carbons (Fsp3) is 0.368. The minimum absolute atomic E-state index is 0.0671. The molecule has 2 aromatic rings. The van der Waals surface area contributed by atoms with Gasteiger partial charge in [0.25, 0.3) is 0 Å². The number of aryl methyl sites for hydroxylation is 1. The fourth-order valence-corrected chi connectivity index (χ4v) is 3.78. The minimum atomic E-state index is -0.733. The highest BCUT2D eigenvalue weighted by molar-refractivity contribution is 9.10. The van der Waals surface area contributed by atoms with Crippen molar-refractivity contribution in [1.82, 2.24) is 9.88 Å². The lowest BCUT2D eigenvalue weighted by Gasteiger charge is -2.40. The van der Waals surface area contributed by atoms with Gasteiger partial charge in [-0.1, -0.05) is 34.5 Å². The number of carboxylic acid groups (broad SMARTS) is 1. The molecule has 0 saturated carbocycles. The second kappa shape index (κ2) is 7.45. The van der Waals surface area contributed by atoms with Crippen LogP contribution in [0.1, 0.15) is 42.0 Å². The Labute approximate surface area is 150 Å². The first-order chi connectivity index (χ1) is 11.6. The Morgan fingerprint density at radius 1 is 1.29 bits per heavy atom. The molecule has 0 spiro atoms. The molecule has 1 aliphatic rings. The maximum absolute atomic E-state index is 11.8. The van der Waals surface area contributed by atoms with Crippen LogP contribution in [0.3, 0.4) is 0 Å². The van der Waals surface area contributed by atoms with E-state index in [1.54, 1.807) is 6.20 Å². The molecule has 5 heteroatoms. The van der Waals surface area contributed by atoms with Gasteiger partial charge in [0.1, 0.15) is 6.04 Å². The lowest BCUT2D eigenvalue weighted by Crippen LogP contribution is -2.47. The summed E-state index contributed by atoms with van der Waals surface area (Å²) in [6, 6.07) is 9.67. The van der Waals surface area contributed by atoms with E-state index in [-0.39, 0.29) is 6.04 Å². The van der Waals surface area contributed by atoms with Crippen molar-refractivity contribution in [2.75, 3.05) is 6.54 Å². The summed E-state index contributed by atoms with van der Waals surface area (Å²) < 4.78 is 1.02. The van der Waals surface area contributed by atoms with Gasteiger partial charge in [-0.25, -0.2) is 0 Å². The molecule has 0 aliphatic carbocycles. The van der Waals surface area contributed by atoms with Crippen LogP contribution in [0.4, 0.5) is 0 Å². The Hall–Kier alpha value is -1.72. The van der Waals surface area contributed by atoms with Crippen molar-refractivity contribution < 1.29 is 9.90 Å². The Morgan fingerprint density at radius 2 is 2.04 bits per heavy atom. The number of benzene rings is 1. The molecule has 0 radical (unpaired) electrons. The number of nitrogens with zero attached hydrogens (tertiary/aromatic N) is 2. The summed E-state index contributed by atoms with van der Waals surface area (Å²) in [5.74, 6) is -0.733. The summed E-state index contributed by atoms with van der Waals surface area (Å²) in [5.41, 5.74) is 3.32. The third kappa shape index (κ3) is 3.52. The third-order valence-corrected chi connectivity index (χ3v) is 5.23. The van der Waals surface area contributed by atoms with E-state index in [1.165, 1.54) is 0 Å². The third-order valence-electron chi connectivity index (χ3n) is 4.70. The van der Waals surface area contributed by atoms with E-state index in [4.69, 9.17) is 0 Å². The van der Waals surface area contributed by atoms with Crippen LogP contribution in [0.5, 0.6) is 0 Å². The highest BCUT2D eigenvalue weighted by Crippen LogP contribution is 2.35. The van der Waals surface area contributed by atoms with Gasteiger partial charge in [-0.3, -0.25) is 14.7 Å². The zero-order chi connectivity index (χ0) is 17.1. The van der Waals surface area contributed by atoms with Crippen LogP contribution in [0.2, 0.25) is 0 Å². The van der Waals surface area contributed by atoms with Crippen LogP contribution in [-0.2, 0) is 4.79 Å². The highest BCUT2D eigenvalue weighted by Gasteiger charge is 2.35. The summed E-state index contributed by atoms with van der Waals surface area (Å²) in [7, 11) is 0. The van der Waals surface area contributed by atoms with Gasteiger partial charge >= 0.3 is 5.97 Å². The fourth-order valence-electron chi connectivity index (χ4n) is 3.51. The largest absolute Gasteiger partial charge is 0.480 e. The number of likely N-dealkylation sites (tertiary alicyclic amines) is 1. The number of aromatic nitrogens is 1. The Balaban J connectivity index is 2.09. The lowest BCUT2D eigenvalue weighted by atomic mass is 9.90. The molecule has 1 fully saturated rings. The van der Waals surface area contributed by atoms with E-state index in [0.717, 1.165) is 40.5 Å². The first-order valence-electron chi connectivity index (χ1n) is 8.22. The van der Waals surface area contributed by atoms with E-state index >= 15 is 0 Å². The second-order valence-corrected chi connectivity index (χ2v) is 7.19. The summed E-state index contributed by atoms with van der Waals surface area (Å²) >= 11 is 3.48. The predicted molar refractivity (Wildman–Crippen MR) is 96.9 cm³/mol. The predicted octanol–water partition coefficient (Wildman–Crippen LogP) is 4.18. The summed E-state index contributed by atoms with van der Waals surface area (Å²) in [6.45, 7) is 2.83. The lowest BCUT2D eigenvalue weighted by molar-refractivity contribution is -0.145. The second-order valence-electron chi connectivity index (χ2n) is 6.27. The van der Waals surface area contributed by atoms with Gasteiger partial charge in [0.15, 0.2) is 0 Å². The van der Waals surface area contributed by atoms with Gasteiger partial charge in [-0.2, -0.15) is 0 Å². The van der Waals surface area contributed by atoms with Crippen LogP contribution in [0.15, 0.2) is 47.2 Å². The molecule has 1 aromatic heterocycles. The van der Waals surface area contributed by atoms with Gasteiger partial charge in [-0.15, -0.1) is 0 Å². The number of carboxylic acids is 1. The zero-order valence-corrected chi connectivity index (χ0v) is 15.2. The SMILES string of the molecule is Cc1cnccc1C(c1ccc(Br)cc1)N1CCCCC1C(=O)O. The molecular weight excluding hydrogens is 368 g/mol. The molecule has 3 rings (SSSR count). The van der Waals surface area contributed by atoms with Crippen molar-refractivity contribution >= 4 is 21.9 Å². The van der Waals surface area contributed by atoms with E-state index in [2.05, 4.69) is 37.9 Å². The van der Waals surface area contributed by atoms with E-state index in [1.807, 2.05) is 31.3 Å². The maximum Gasteiger partial charge on any atom is 0.320 e. The number of halogens is 1. The topological polar surface area (TPSA) is 53.4 Å². The Bertz CT molecular complexity index is 718. The normalized spacial score (nSPS) is 19.8. The monoisotopic (exact) mass is 388 g/mol. The number of piperidine rings is 1. The summed E-state index contributed by atoms with van der Waals surface area (Å²) in [5, 5.41) is 9.70. The van der Waals surface area contributed by atoms with Gasteiger partial charge in [0, 0.05) is 16.9 Å². The average Bonchev–Trinajstić information content (AvgIpc) is 2.59. The van der Waals surface area contributed by atoms with Crippen LogP contribution in [0.25, 0.3) is 0 Å². The molecule has 4 nitrogen and oxygen atoms in total. The van der Waals surface area contributed by atoms with Gasteiger partial charge in [0.05, 0.1) is 6.04 Å². The number of carbonyl (C=O) groups is 1. The highest BCUT2D eigenvalue weighted by atomic mass is 79.9. The minimum Gasteiger partial charge on any atom is -0.480 e. The van der Waals surface area contributed by atoms with Crippen molar-refractivity contribution in [3.8, 4) is 0 Å². The van der Waals surface area contributed by atoms with Crippen LogP contribution in [-0.4, -0.2) is 33.5 Å². The maximum atomic E-state index is 11.8. The molecule has 0 bridgehead atoms. The first-order valence-corrected chi connectivity index (χ1v) is 9.02. The van der Waals surface area contributed by atoms with Crippen molar-refractivity contribution in [2.24, 2.45) is 0 Å². The summed E-state index contributed by atoms with van der Waals surface area (Å²) in [4.78, 5) is 18.1. The number of rotatable bonds is 4. The molecule has 24 heavy (non-hydrogen) atoms. The standard InChI is InChI=1S/C19H21BrN2O2/c1-13-12-21-10-9-16(13)18(14-5-7-15(20)8-6-14)22-11-3-2-4-17(22)19(23)24/h5-10,12,17-18H,2-4,11H2,1H3,(H,23,24). The molecule has 1 aliphatic heterocycles. The zero-order valence-electron chi connectivity index (χ0n) is 13.7. The smallest absolute Gasteiger partial charge is 0.320 e. The quantitative estimate of drug-likeness (QED) is 0.853. The molecule has 126 valence electrons. The van der Waals surface area contributed by atoms with E-state index in [0.29, 0.717) is 6.42 Å². The van der Waals surface area contributed by atoms with Crippen molar-refractivity contribution in [3.05, 3.63) is 63.9 Å².